The number of nitrogens with one attached hydrogen (secondary N) is 1. The summed E-state index contributed by atoms with van der Waals surface area (Å²) in [5, 5.41) is 2.77. The highest BCUT2D eigenvalue weighted by Gasteiger charge is 2.28. The largest absolute Gasteiger partial charge is 0.357 e. The number of nitrogens with zero attached hydrogens (tertiary/aromatic N) is 3. The van der Waals surface area contributed by atoms with Crippen LogP contribution in [0.5, 0.6) is 0 Å². The Morgan fingerprint density at radius 3 is 2.35 bits per heavy atom. The molecule has 114 valence electrons. The van der Waals surface area contributed by atoms with Crippen LogP contribution in [-0.2, 0) is 10.0 Å². The quantitative estimate of drug-likeness (QED) is 0.796. The molecule has 1 N–H and O–H groups in total. The molecule has 0 bridgehead atoms. The summed E-state index contributed by atoms with van der Waals surface area (Å²) in [7, 11) is -1.84. The number of aromatic nitrogens is 2. The third-order valence-electron chi connectivity index (χ3n) is 3.27. The van der Waals surface area contributed by atoms with Gasteiger partial charge in [0.2, 0.25) is 16.0 Å². The lowest BCUT2D eigenvalue weighted by atomic mass is 10.2. The smallest absolute Gasteiger partial charge is 0.246 e. The van der Waals surface area contributed by atoms with Crippen molar-refractivity contribution in [2.75, 3.05) is 18.9 Å². The lowest BCUT2D eigenvalue weighted by Crippen LogP contribution is -2.39. The number of anilines is 1. The highest BCUT2D eigenvalue weighted by Crippen LogP contribution is 2.19. The predicted molar refractivity (Wildman–Crippen MR) is 80.1 cm³/mol. The summed E-state index contributed by atoms with van der Waals surface area (Å²) in [5.74, 6) is 0.410. The van der Waals surface area contributed by atoms with E-state index in [1.165, 1.54) is 12.4 Å². The molecular weight excluding hydrogens is 276 g/mol. The van der Waals surface area contributed by atoms with Crippen molar-refractivity contribution in [1.82, 2.24) is 14.3 Å². The van der Waals surface area contributed by atoms with Crippen LogP contribution in [0.25, 0.3) is 0 Å². The molecule has 0 aliphatic carbocycles. The summed E-state index contributed by atoms with van der Waals surface area (Å²) < 4.78 is 26.9. The summed E-state index contributed by atoms with van der Waals surface area (Å²) in [6.07, 6.45) is 5.29. The number of unbranched alkanes of at least 4 members (excludes halogenated alkanes) is 1. The van der Waals surface area contributed by atoms with Gasteiger partial charge in [-0.1, -0.05) is 20.3 Å². The minimum atomic E-state index is -3.53. The normalized spacial score (nSPS) is 13.4. The van der Waals surface area contributed by atoms with Gasteiger partial charge in [-0.3, -0.25) is 0 Å². The van der Waals surface area contributed by atoms with Crippen LogP contribution in [0.2, 0.25) is 0 Å². The molecule has 1 unspecified atom stereocenters. The maximum Gasteiger partial charge on any atom is 0.246 e. The van der Waals surface area contributed by atoms with Crippen molar-refractivity contribution in [1.29, 1.82) is 0 Å². The van der Waals surface area contributed by atoms with Gasteiger partial charge in [0.1, 0.15) is 4.90 Å². The van der Waals surface area contributed by atoms with Gasteiger partial charge in [0.25, 0.3) is 0 Å². The summed E-state index contributed by atoms with van der Waals surface area (Å²) >= 11 is 0. The van der Waals surface area contributed by atoms with E-state index in [9.17, 15) is 8.42 Å². The Hall–Kier alpha value is -1.21. The zero-order valence-corrected chi connectivity index (χ0v) is 13.4. The van der Waals surface area contributed by atoms with Crippen molar-refractivity contribution in [3.63, 3.8) is 0 Å². The fourth-order valence-electron chi connectivity index (χ4n) is 1.81. The predicted octanol–water partition coefficient (Wildman–Crippen LogP) is 2.11. The Kier molecular flexibility index (Phi) is 6.35. The lowest BCUT2D eigenvalue weighted by Gasteiger charge is -2.27. The van der Waals surface area contributed by atoms with E-state index in [0.717, 1.165) is 19.3 Å². The highest BCUT2D eigenvalue weighted by molar-refractivity contribution is 7.89. The zero-order chi connectivity index (χ0) is 15.2. The standard InChI is InChI=1S/C13H24N4O2S/c1-5-7-8-17(11(3)6-2)20(18,19)12-9-15-13(14-4)16-10-12/h9-11H,5-8H2,1-4H3,(H,14,15,16). The van der Waals surface area contributed by atoms with Gasteiger partial charge in [-0.05, 0) is 19.8 Å². The Morgan fingerprint density at radius 2 is 1.90 bits per heavy atom. The van der Waals surface area contributed by atoms with Crippen LogP contribution in [0.1, 0.15) is 40.0 Å². The fourth-order valence-corrected chi connectivity index (χ4v) is 3.44. The monoisotopic (exact) mass is 300 g/mol. The molecule has 0 amide bonds. The first-order valence-electron chi connectivity index (χ1n) is 6.99. The van der Waals surface area contributed by atoms with Gasteiger partial charge in [-0.15, -0.1) is 0 Å². The van der Waals surface area contributed by atoms with Crippen molar-refractivity contribution in [2.24, 2.45) is 0 Å². The summed E-state index contributed by atoms with van der Waals surface area (Å²) in [6, 6.07) is -0.0319. The molecule has 0 saturated carbocycles. The maximum absolute atomic E-state index is 12.7. The minimum absolute atomic E-state index is 0.0319. The van der Waals surface area contributed by atoms with E-state index < -0.39 is 10.0 Å². The van der Waals surface area contributed by atoms with Crippen LogP contribution in [0.4, 0.5) is 5.95 Å². The first-order chi connectivity index (χ1) is 9.47. The average Bonchev–Trinajstić information content (AvgIpc) is 2.47. The van der Waals surface area contributed by atoms with E-state index in [4.69, 9.17) is 0 Å². The molecule has 1 aromatic heterocycles. The maximum atomic E-state index is 12.7. The SMILES string of the molecule is CCCCN(C(C)CC)S(=O)(=O)c1cnc(NC)nc1. The third-order valence-corrected chi connectivity index (χ3v) is 5.24. The van der Waals surface area contributed by atoms with Crippen molar-refractivity contribution in [3.8, 4) is 0 Å². The Labute approximate surface area is 121 Å². The van der Waals surface area contributed by atoms with E-state index in [1.807, 2.05) is 20.8 Å². The second-order valence-corrected chi connectivity index (χ2v) is 6.61. The van der Waals surface area contributed by atoms with Crippen molar-refractivity contribution >= 4 is 16.0 Å². The topological polar surface area (TPSA) is 75.2 Å². The van der Waals surface area contributed by atoms with Crippen LogP contribution in [-0.4, -0.2) is 42.3 Å². The first-order valence-corrected chi connectivity index (χ1v) is 8.43. The van der Waals surface area contributed by atoms with Crippen LogP contribution in [0.3, 0.4) is 0 Å². The van der Waals surface area contributed by atoms with Crippen LogP contribution >= 0.6 is 0 Å². The third kappa shape index (κ3) is 3.89. The van der Waals surface area contributed by atoms with E-state index >= 15 is 0 Å². The Bertz CT molecular complexity index is 502. The van der Waals surface area contributed by atoms with Crippen molar-refractivity contribution < 1.29 is 8.42 Å². The van der Waals surface area contributed by atoms with Crippen LogP contribution in [0, 0.1) is 0 Å². The van der Waals surface area contributed by atoms with E-state index in [1.54, 1.807) is 11.4 Å². The van der Waals surface area contributed by atoms with Gasteiger partial charge in [-0.2, -0.15) is 4.31 Å². The molecule has 1 heterocycles. The Balaban J connectivity index is 3.07. The van der Waals surface area contributed by atoms with Crippen molar-refractivity contribution in [3.05, 3.63) is 12.4 Å². The molecule has 0 aliphatic heterocycles. The average molecular weight is 300 g/mol. The molecular formula is C13H24N4O2S. The summed E-state index contributed by atoms with van der Waals surface area (Å²) in [6.45, 7) is 6.49. The number of hydrogen-bond acceptors (Lipinski definition) is 5. The molecule has 0 aromatic carbocycles. The second-order valence-electron chi connectivity index (χ2n) is 4.72. The molecule has 0 saturated heterocycles. The Morgan fingerprint density at radius 1 is 1.30 bits per heavy atom. The van der Waals surface area contributed by atoms with Gasteiger partial charge in [-0.25, -0.2) is 18.4 Å². The highest BCUT2D eigenvalue weighted by atomic mass is 32.2. The molecule has 20 heavy (non-hydrogen) atoms. The summed E-state index contributed by atoms with van der Waals surface area (Å²) in [5.41, 5.74) is 0. The van der Waals surface area contributed by atoms with Gasteiger partial charge >= 0.3 is 0 Å². The molecule has 0 aliphatic rings. The molecule has 1 atom stereocenters. The number of rotatable bonds is 8. The lowest BCUT2D eigenvalue weighted by molar-refractivity contribution is 0.324. The molecule has 1 aromatic rings. The summed E-state index contributed by atoms with van der Waals surface area (Å²) in [4.78, 5) is 8.11. The molecule has 7 heteroatoms. The molecule has 0 spiro atoms. The number of sulfonamides is 1. The minimum Gasteiger partial charge on any atom is -0.357 e. The first kappa shape index (κ1) is 16.8. The van der Waals surface area contributed by atoms with E-state index in [2.05, 4.69) is 15.3 Å². The van der Waals surface area contributed by atoms with E-state index in [-0.39, 0.29) is 10.9 Å². The number of hydrogen-bond donors (Lipinski definition) is 1. The van der Waals surface area contributed by atoms with Crippen LogP contribution < -0.4 is 5.32 Å². The molecule has 0 fully saturated rings. The second kappa shape index (κ2) is 7.54. The van der Waals surface area contributed by atoms with Crippen molar-refractivity contribution in [2.45, 2.75) is 51.0 Å². The fraction of sp³-hybridized carbons (Fsp3) is 0.692. The van der Waals surface area contributed by atoms with Gasteiger partial charge in [0.05, 0.1) is 12.4 Å². The molecule has 6 nitrogen and oxygen atoms in total. The van der Waals surface area contributed by atoms with Gasteiger partial charge in [0, 0.05) is 19.6 Å². The van der Waals surface area contributed by atoms with Gasteiger partial charge < -0.3 is 5.32 Å². The van der Waals surface area contributed by atoms with Crippen LogP contribution in [0.15, 0.2) is 17.3 Å². The molecule has 0 radical (unpaired) electrons. The zero-order valence-electron chi connectivity index (χ0n) is 12.6. The van der Waals surface area contributed by atoms with E-state index in [0.29, 0.717) is 12.5 Å². The molecule has 1 rings (SSSR count). The van der Waals surface area contributed by atoms with Gasteiger partial charge in [0.15, 0.2) is 0 Å².